The number of amides is 1. The first kappa shape index (κ1) is 17.4. The predicted octanol–water partition coefficient (Wildman–Crippen LogP) is 2.17. The number of aliphatic hydroxyl groups excluding tert-OH is 1. The van der Waals surface area contributed by atoms with Crippen molar-refractivity contribution in [2.24, 2.45) is 0 Å². The van der Waals surface area contributed by atoms with Crippen LogP contribution in [0.3, 0.4) is 0 Å². The zero-order valence-corrected chi connectivity index (χ0v) is 12.8. The third kappa shape index (κ3) is 3.66. The van der Waals surface area contributed by atoms with Gasteiger partial charge in [-0.3, -0.25) is 14.9 Å². The second kappa shape index (κ2) is 7.05. The van der Waals surface area contributed by atoms with E-state index in [1.165, 1.54) is 49.4 Å². The first-order valence-electron chi connectivity index (χ1n) is 7.08. The van der Waals surface area contributed by atoms with Gasteiger partial charge in [0.1, 0.15) is 11.4 Å². The van der Waals surface area contributed by atoms with Gasteiger partial charge in [-0.2, -0.15) is 0 Å². The van der Waals surface area contributed by atoms with Crippen molar-refractivity contribution in [3.63, 3.8) is 0 Å². The molecule has 24 heavy (non-hydrogen) atoms. The molecule has 0 saturated carbocycles. The number of carbonyl (C=O) groups is 1. The molecule has 2 unspecified atom stereocenters. The minimum absolute atomic E-state index is 0.0369. The number of hydrogen-bond acceptors (Lipinski definition) is 5. The number of nitrogens with two attached hydrogens (primary N) is 1. The molecule has 4 N–H and O–H groups in total. The van der Waals surface area contributed by atoms with Crippen LogP contribution in [-0.4, -0.2) is 22.0 Å². The molecule has 2 aromatic carbocycles. The van der Waals surface area contributed by atoms with Gasteiger partial charge in [0.15, 0.2) is 0 Å². The Hall–Kier alpha value is -3.00. The zero-order valence-electron chi connectivity index (χ0n) is 12.8. The fourth-order valence-electron chi connectivity index (χ4n) is 2.26. The Morgan fingerprint density at radius 3 is 2.50 bits per heavy atom. The van der Waals surface area contributed by atoms with Gasteiger partial charge in [0.25, 0.3) is 11.6 Å². The summed E-state index contributed by atoms with van der Waals surface area (Å²) in [6.07, 6.45) is -1.11. The predicted molar refractivity (Wildman–Crippen MR) is 85.8 cm³/mol. The summed E-state index contributed by atoms with van der Waals surface area (Å²) in [7, 11) is 0. The van der Waals surface area contributed by atoms with Crippen molar-refractivity contribution in [3.8, 4) is 0 Å². The van der Waals surface area contributed by atoms with Gasteiger partial charge in [0.2, 0.25) is 0 Å². The molecule has 1 amide bonds. The highest BCUT2D eigenvalue weighted by atomic mass is 19.1. The molecule has 2 atom stereocenters. The number of nitrogen functional groups attached to an aromatic ring is 1. The molecule has 2 aromatic rings. The van der Waals surface area contributed by atoms with Gasteiger partial charge in [-0.15, -0.1) is 0 Å². The molecule has 7 nitrogen and oxygen atoms in total. The van der Waals surface area contributed by atoms with Crippen LogP contribution in [0.25, 0.3) is 0 Å². The van der Waals surface area contributed by atoms with Crippen LogP contribution in [0.2, 0.25) is 0 Å². The van der Waals surface area contributed by atoms with Gasteiger partial charge < -0.3 is 16.2 Å². The maximum atomic E-state index is 12.9. The summed E-state index contributed by atoms with van der Waals surface area (Å²) in [4.78, 5) is 22.7. The van der Waals surface area contributed by atoms with Crippen molar-refractivity contribution in [3.05, 3.63) is 69.5 Å². The van der Waals surface area contributed by atoms with E-state index < -0.39 is 34.5 Å². The van der Waals surface area contributed by atoms with Gasteiger partial charge in [0.05, 0.1) is 22.8 Å². The van der Waals surface area contributed by atoms with Gasteiger partial charge in [-0.1, -0.05) is 18.2 Å². The van der Waals surface area contributed by atoms with Crippen molar-refractivity contribution in [2.75, 3.05) is 5.73 Å². The smallest absolute Gasteiger partial charge is 0.284 e. The summed E-state index contributed by atoms with van der Waals surface area (Å²) in [5.74, 6) is -1.22. The highest BCUT2D eigenvalue weighted by molar-refractivity contribution is 6.03. The van der Waals surface area contributed by atoms with Crippen LogP contribution in [-0.2, 0) is 0 Å². The lowest BCUT2D eigenvalue weighted by Crippen LogP contribution is -2.37. The Morgan fingerprint density at radius 2 is 1.92 bits per heavy atom. The van der Waals surface area contributed by atoms with E-state index in [-0.39, 0.29) is 11.3 Å². The van der Waals surface area contributed by atoms with Crippen molar-refractivity contribution in [2.45, 2.75) is 19.1 Å². The Labute approximate surface area is 137 Å². The topological polar surface area (TPSA) is 118 Å². The van der Waals surface area contributed by atoms with Crippen LogP contribution in [0.5, 0.6) is 0 Å². The van der Waals surface area contributed by atoms with Crippen LogP contribution >= 0.6 is 0 Å². The first-order chi connectivity index (χ1) is 11.3. The second-order valence-electron chi connectivity index (χ2n) is 5.26. The standard InChI is InChI=1S/C16H16FN3O4/c1-9(15(21)10-5-7-11(17)8-6-10)19-16(22)14-12(18)3-2-4-13(14)20(23)24/h2-9,15,21H,18H2,1H3,(H,19,22). The zero-order chi connectivity index (χ0) is 17.9. The number of benzene rings is 2. The van der Waals surface area contributed by atoms with Crippen molar-refractivity contribution in [1.29, 1.82) is 0 Å². The van der Waals surface area contributed by atoms with Gasteiger partial charge in [-0.05, 0) is 30.7 Å². The number of rotatable bonds is 5. The normalized spacial score (nSPS) is 13.1. The van der Waals surface area contributed by atoms with Crippen LogP contribution < -0.4 is 11.1 Å². The average molecular weight is 333 g/mol. The highest BCUT2D eigenvalue weighted by Crippen LogP contribution is 2.25. The number of carbonyl (C=O) groups excluding carboxylic acids is 1. The highest BCUT2D eigenvalue weighted by Gasteiger charge is 2.26. The number of nitrogens with zero attached hydrogens (tertiary/aromatic N) is 1. The van der Waals surface area contributed by atoms with E-state index in [2.05, 4.69) is 5.32 Å². The van der Waals surface area contributed by atoms with Crippen LogP contribution in [0.15, 0.2) is 42.5 Å². The van der Waals surface area contributed by atoms with E-state index in [0.29, 0.717) is 5.56 Å². The van der Waals surface area contributed by atoms with Gasteiger partial charge in [-0.25, -0.2) is 4.39 Å². The molecule has 0 bridgehead atoms. The lowest BCUT2D eigenvalue weighted by atomic mass is 10.0. The van der Waals surface area contributed by atoms with E-state index in [0.717, 1.165) is 0 Å². The molecule has 0 aliphatic rings. The number of nitrogens with one attached hydrogen (secondary N) is 1. The summed E-state index contributed by atoms with van der Waals surface area (Å²) in [6, 6.07) is 8.31. The molecule has 0 radical (unpaired) electrons. The molecular weight excluding hydrogens is 317 g/mol. The number of halogens is 1. The third-order valence-electron chi connectivity index (χ3n) is 3.54. The minimum atomic E-state index is -1.11. The van der Waals surface area contributed by atoms with Gasteiger partial charge in [0, 0.05) is 6.07 Å². The molecule has 0 spiro atoms. The molecule has 2 rings (SSSR count). The van der Waals surface area contributed by atoms with E-state index >= 15 is 0 Å². The van der Waals surface area contributed by atoms with Gasteiger partial charge >= 0.3 is 0 Å². The molecule has 126 valence electrons. The fourth-order valence-corrected chi connectivity index (χ4v) is 2.26. The largest absolute Gasteiger partial charge is 0.398 e. The number of hydrogen-bond donors (Lipinski definition) is 3. The fraction of sp³-hybridized carbons (Fsp3) is 0.188. The molecule has 8 heteroatoms. The van der Waals surface area contributed by atoms with Crippen LogP contribution in [0.1, 0.15) is 28.9 Å². The van der Waals surface area contributed by atoms with Crippen molar-refractivity contribution >= 4 is 17.3 Å². The quantitative estimate of drug-likeness (QED) is 0.440. The summed E-state index contributed by atoms with van der Waals surface area (Å²) >= 11 is 0. The van der Waals surface area contributed by atoms with Crippen molar-refractivity contribution < 1.29 is 19.2 Å². The minimum Gasteiger partial charge on any atom is -0.398 e. The Kier molecular flexibility index (Phi) is 5.10. The Morgan fingerprint density at radius 1 is 1.29 bits per heavy atom. The van der Waals surface area contributed by atoms with Crippen LogP contribution in [0.4, 0.5) is 15.8 Å². The maximum absolute atomic E-state index is 12.9. The lowest BCUT2D eigenvalue weighted by molar-refractivity contribution is -0.385. The molecule has 0 aromatic heterocycles. The molecule has 0 aliphatic heterocycles. The Bertz CT molecular complexity index is 764. The number of nitro groups is 1. The monoisotopic (exact) mass is 333 g/mol. The number of nitro benzene ring substituents is 1. The summed E-state index contributed by atoms with van der Waals surface area (Å²) < 4.78 is 12.9. The molecule has 0 fully saturated rings. The second-order valence-corrected chi connectivity index (χ2v) is 5.26. The van der Waals surface area contributed by atoms with Crippen molar-refractivity contribution in [1.82, 2.24) is 5.32 Å². The van der Waals surface area contributed by atoms with E-state index in [4.69, 9.17) is 5.73 Å². The van der Waals surface area contributed by atoms with E-state index in [1.807, 2.05) is 0 Å². The summed E-state index contributed by atoms with van der Waals surface area (Å²) in [5.41, 5.74) is 5.35. The summed E-state index contributed by atoms with van der Waals surface area (Å²) in [5, 5.41) is 23.7. The third-order valence-corrected chi connectivity index (χ3v) is 3.54. The SMILES string of the molecule is CC(NC(=O)c1c(N)cccc1[N+](=O)[O-])C(O)c1ccc(F)cc1. The van der Waals surface area contributed by atoms with E-state index in [1.54, 1.807) is 0 Å². The first-order valence-corrected chi connectivity index (χ1v) is 7.08. The lowest BCUT2D eigenvalue weighted by Gasteiger charge is -2.21. The van der Waals surface area contributed by atoms with E-state index in [9.17, 15) is 24.4 Å². The summed E-state index contributed by atoms with van der Waals surface area (Å²) in [6.45, 7) is 1.52. The number of aliphatic hydroxyl groups is 1. The number of anilines is 1. The molecule has 0 heterocycles. The molecule has 0 saturated heterocycles. The maximum Gasteiger partial charge on any atom is 0.284 e. The Balaban J connectivity index is 2.20. The molecule has 0 aliphatic carbocycles. The molecular formula is C16H16FN3O4. The average Bonchev–Trinajstić information content (AvgIpc) is 2.54. The van der Waals surface area contributed by atoms with Crippen LogP contribution in [0, 0.1) is 15.9 Å².